The maximum absolute atomic E-state index is 9.56. The predicted molar refractivity (Wildman–Crippen MR) is 40.9 cm³/mol. The smallest absolute Gasteiger partial charge is 0.414 e. The molecule has 0 saturated carbocycles. The van der Waals surface area contributed by atoms with Gasteiger partial charge in [-0.1, -0.05) is 13.3 Å². The van der Waals surface area contributed by atoms with Crippen LogP contribution in [0.25, 0.3) is 0 Å². The van der Waals surface area contributed by atoms with Crippen LogP contribution in [0.1, 0.15) is 26.2 Å². The zero-order chi connectivity index (χ0) is 9.98. The van der Waals surface area contributed by atoms with Crippen molar-refractivity contribution < 1.29 is 24.6 Å². The van der Waals surface area contributed by atoms with Gasteiger partial charge in [0.25, 0.3) is 0 Å². The average Bonchev–Trinajstić information content (AvgIpc) is 2.02. The Labute approximate surface area is 70.0 Å². The highest BCUT2D eigenvalue weighted by Crippen LogP contribution is 1.87. The van der Waals surface area contributed by atoms with Crippen LogP contribution in [0.3, 0.4) is 0 Å². The first-order valence-electron chi connectivity index (χ1n) is 3.46. The molecule has 0 amide bonds. The van der Waals surface area contributed by atoms with Crippen LogP contribution in [-0.2, 0) is 14.4 Å². The van der Waals surface area contributed by atoms with Crippen LogP contribution in [0.5, 0.6) is 0 Å². The van der Waals surface area contributed by atoms with E-state index in [4.69, 9.17) is 19.8 Å². The van der Waals surface area contributed by atoms with Crippen molar-refractivity contribution in [2.75, 3.05) is 0 Å². The zero-order valence-electron chi connectivity index (χ0n) is 6.82. The predicted octanol–water partition coefficient (Wildman–Crippen LogP) is 0.531. The lowest BCUT2D eigenvalue weighted by Crippen LogP contribution is -2.09. The van der Waals surface area contributed by atoms with Crippen LogP contribution < -0.4 is 0 Å². The molecule has 0 atom stereocenters. The second kappa shape index (κ2) is 9.61. The second-order valence-corrected chi connectivity index (χ2v) is 1.92. The van der Waals surface area contributed by atoms with Crippen LogP contribution in [0.4, 0.5) is 0 Å². The Hall–Kier alpha value is -1.39. The number of hydrogen-bond acceptors (Lipinski definition) is 3. The Morgan fingerprint density at radius 3 is 1.75 bits per heavy atom. The summed E-state index contributed by atoms with van der Waals surface area (Å²) in [6.07, 6.45) is 3.86. The van der Waals surface area contributed by atoms with E-state index in [-0.39, 0.29) is 0 Å². The van der Waals surface area contributed by atoms with Gasteiger partial charge in [-0.2, -0.15) is 0 Å². The fraction of sp³-hybridized carbons (Fsp3) is 0.571. The molecule has 0 aliphatic heterocycles. The quantitative estimate of drug-likeness (QED) is 0.372. The van der Waals surface area contributed by atoms with Gasteiger partial charge in [0, 0.05) is 6.42 Å². The number of carboxylic acid groups (broad SMARTS) is 2. The van der Waals surface area contributed by atoms with Crippen molar-refractivity contribution in [3.63, 3.8) is 0 Å². The summed E-state index contributed by atoms with van der Waals surface area (Å²) in [7, 11) is 0. The van der Waals surface area contributed by atoms with Gasteiger partial charge in [-0.05, 0) is 6.42 Å². The molecule has 0 unspecified atom stereocenters. The molecule has 0 heterocycles. The second-order valence-electron chi connectivity index (χ2n) is 1.92. The summed E-state index contributed by atoms with van der Waals surface area (Å²) in [6, 6.07) is 0. The first kappa shape index (κ1) is 13.2. The number of carbonyl (C=O) groups excluding carboxylic acids is 1. The Balaban J connectivity index is 0. The minimum absolute atomic E-state index is 0.733. The zero-order valence-corrected chi connectivity index (χ0v) is 6.82. The van der Waals surface area contributed by atoms with Crippen LogP contribution in [0.2, 0.25) is 0 Å². The van der Waals surface area contributed by atoms with E-state index in [1.807, 2.05) is 0 Å². The molecule has 0 spiro atoms. The average molecular weight is 176 g/mol. The van der Waals surface area contributed by atoms with E-state index < -0.39 is 11.9 Å². The Kier molecular flexibility index (Phi) is 10.6. The number of rotatable bonds is 3. The molecule has 0 rings (SSSR count). The van der Waals surface area contributed by atoms with Crippen LogP contribution in [-0.4, -0.2) is 28.4 Å². The summed E-state index contributed by atoms with van der Waals surface area (Å²) in [5, 5.41) is 14.8. The third kappa shape index (κ3) is 15.8. The maximum atomic E-state index is 9.56. The van der Waals surface area contributed by atoms with Gasteiger partial charge in [0.1, 0.15) is 6.29 Å². The first-order valence-corrected chi connectivity index (χ1v) is 3.46. The molecule has 0 radical (unpaired) electrons. The van der Waals surface area contributed by atoms with Crippen molar-refractivity contribution in [2.45, 2.75) is 26.2 Å². The van der Waals surface area contributed by atoms with Crippen molar-refractivity contribution in [2.24, 2.45) is 0 Å². The lowest BCUT2D eigenvalue weighted by atomic mass is 10.3. The van der Waals surface area contributed by atoms with Crippen LogP contribution in [0.15, 0.2) is 0 Å². The summed E-state index contributed by atoms with van der Waals surface area (Å²) < 4.78 is 0. The Morgan fingerprint density at radius 1 is 1.25 bits per heavy atom. The van der Waals surface area contributed by atoms with Gasteiger partial charge >= 0.3 is 11.9 Å². The van der Waals surface area contributed by atoms with Crippen molar-refractivity contribution in [1.82, 2.24) is 0 Å². The molecular weight excluding hydrogens is 164 g/mol. The van der Waals surface area contributed by atoms with E-state index in [0.717, 1.165) is 25.5 Å². The van der Waals surface area contributed by atoms with Crippen molar-refractivity contribution in [1.29, 1.82) is 0 Å². The van der Waals surface area contributed by atoms with E-state index in [0.29, 0.717) is 0 Å². The lowest BCUT2D eigenvalue weighted by molar-refractivity contribution is -0.159. The molecule has 0 saturated heterocycles. The van der Waals surface area contributed by atoms with Crippen LogP contribution in [0, 0.1) is 0 Å². The van der Waals surface area contributed by atoms with Crippen molar-refractivity contribution in [3.05, 3.63) is 0 Å². The summed E-state index contributed by atoms with van der Waals surface area (Å²) >= 11 is 0. The Bertz CT molecular complexity index is 140. The fourth-order valence-electron chi connectivity index (χ4n) is 0.287. The number of aliphatic carboxylic acids is 2. The van der Waals surface area contributed by atoms with E-state index >= 15 is 0 Å². The molecule has 12 heavy (non-hydrogen) atoms. The van der Waals surface area contributed by atoms with Crippen molar-refractivity contribution >= 4 is 18.2 Å². The topological polar surface area (TPSA) is 91.7 Å². The monoisotopic (exact) mass is 176 g/mol. The van der Waals surface area contributed by atoms with E-state index in [1.54, 1.807) is 0 Å². The fourth-order valence-corrected chi connectivity index (χ4v) is 0.287. The van der Waals surface area contributed by atoms with Gasteiger partial charge in [0.05, 0.1) is 0 Å². The molecule has 0 aromatic rings. The van der Waals surface area contributed by atoms with Gasteiger partial charge in [-0.25, -0.2) is 9.59 Å². The summed E-state index contributed by atoms with van der Waals surface area (Å²) in [4.78, 5) is 27.8. The summed E-state index contributed by atoms with van der Waals surface area (Å²) in [5.74, 6) is -3.65. The minimum atomic E-state index is -1.82. The molecule has 5 heteroatoms. The van der Waals surface area contributed by atoms with Gasteiger partial charge in [-0.3, -0.25) is 0 Å². The van der Waals surface area contributed by atoms with E-state index in [1.165, 1.54) is 0 Å². The number of unbranched alkanes of at least 4 members (excludes halogenated alkanes) is 2. The number of aldehydes is 1. The third-order valence-corrected chi connectivity index (χ3v) is 0.858. The van der Waals surface area contributed by atoms with Crippen LogP contribution >= 0.6 is 0 Å². The number of carbonyl (C=O) groups is 3. The number of carboxylic acids is 2. The molecule has 0 aromatic heterocycles. The molecule has 70 valence electrons. The highest BCUT2D eigenvalue weighted by Gasteiger charge is 2.04. The van der Waals surface area contributed by atoms with Gasteiger partial charge in [-0.15, -0.1) is 0 Å². The molecule has 5 nitrogen and oxygen atoms in total. The minimum Gasteiger partial charge on any atom is -0.473 e. The van der Waals surface area contributed by atoms with Gasteiger partial charge in [0.15, 0.2) is 0 Å². The number of hydrogen-bond donors (Lipinski definition) is 2. The maximum Gasteiger partial charge on any atom is 0.414 e. The van der Waals surface area contributed by atoms with Crippen molar-refractivity contribution in [3.8, 4) is 0 Å². The molecule has 0 aromatic carbocycles. The third-order valence-electron chi connectivity index (χ3n) is 0.858. The first-order chi connectivity index (χ1) is 5.56. The molecule has 0 bridgehead atoms. The summed E-state index contributed by atoms with van der Waals surface area (Å²) in [5.41, 5.74) is 0. The van der Waals surface area contributed by atoms with E-state index in [9.17, 15) is 4.79 Å². The molecular formula is C7H12O5. The lowest BCUT2D eigenvalue weighted by Gasteiger charge is -1.79. The molecule has 0 aliphatic carbocycles. The Morgan fingerprint density at radius 2 is 1.67 bits per heavy atom. The van der Waals surface area contributed by atoms with Gasteiger partial charge in [0.2, 0.25) is 0 Å². The molecule has 0 fully saturated rings. The highest BCUT2D eigenvalue weighted by molar-refractivity contribution is 6.27. The summed E-state index contributed by atoms with van der Waals surface area (Å²) in [6.45, 7) is 2.07. The molecule has 2 N–H and O–H groups in total. The highest BCUT2D eigenvalue weighted by atomic mass is 16.4. The van der Waals surface area contributed by atoms with Gasteiger partial charge < -0.3 is 15.0 Å². The standard InChI is InChI=1S/C5H10O.C2H2O4/c1-2-3-4-5-6;3-1(4)2(5)6/h5H,2-4H2,1H3;(H,3,4)(H,5,6). The normalized spacial score (nSPS) is 7.75. The SMILES string of the molecule is CCCCC=O.O=C(O)C(=O)O. The largest absolute Gasteiger partial charge is 0.473 e. The molecule has 0 aliphatic rings. The van der Waals surface area contributed by atoms with E-state index in [2.05, 4.69) is 6.92 Å².